The Balaban J connectivity index is 2.12. The van der Waals surface area contributed by atoms with E-state index in [2.05, 4.69) is 15.3 Å². The van der Waals surface area contributed by atoms with Gasteiger partial charge in [-0.25, -0.2) is 0 Å². The van der Waals surface area contributed by atoms with Gasteiger partial charge in [0, 0.05) is 12.0 Å². The number of ether oxygens (including phenoxy) is 1. The smallest absolute Gasteiger partial charge is 0.311 e. The fourth-order valence-corrected chi connectivity index (χ4v) is 4.16. The molecule has 0 bridgehead atoms. The van der Waals surface area contributed by atoms with Crippen LogP contribution >= 0.6 is 11.3 Å². The Morgan fingerprint density at radius 3 is 2.92 bits per heavy atom. The van der Waals surface area contributed by atoms with E-state index in [0.717, 1.165) is 11.3 Å². The molecular formula is C15H23N5O4S. The Kier molecular flexibility index (Phi) is 4.96. The van der Waals surface area contributed by atoms with Crippen LogP contribution in [0.4, 0.5) is 5.95 Å². The number of nitrogen functional groups attached to an aromatic ring is 1. The van der Waals surface area contributed by atoms with Crippen molar-refractivity contribution in [3.63, 3.8) is 0 Å². The van der Waals surface area contributed by atoms with Crippen LogP contribution in [0.3, 0.4) is 0 Å². The van der Waals surface area contributed by atoms with Crippen molar-refractivity contribution in [3.05, 3.63) is 20.0 Å². The quantitative estimate of drug-likeness (QED) is 0.583. The van der Waals surface area contributed by atoms with Crippen molar-refractivity contribution < 1.29 is 9.84 Å². The number of fused-ring (bicyclic) bond motifs is 1. The molecule has 1 aliphatic heterocycles. The maximum Gasteiger partial charge on any atom is 0.311 e. The topological polar surface area (TPSA) is 135 Å². The molecule has 138 valence electrons. The second-order valence-corrected chi connectivity index (χ2v) is 7.32. The summed E-state index contributed by atoms with van der Waals surface area (Å²) in [6, 6.07) is 0.0419. The monoisotopic (exact) mass is 369 g/mol. The van der Waals surface area contributed by atoms with Crippen LogP contribution in [-0.4, -0.2) is 44.9 Å². The van der Waals surface area contributed by atoms with E-state index in [0.29, 0.717) is 12.8 Å². The van der Waals surface area contributed by atoms with E-state index >= 15 is 0 Å². The first-order valence-corrected chi connectivity index (χ1v) is 9.10. The molecule has 10 heteroatoms. The minimum atomic E-state index is -0.622. The van der Waals surface area contributed by atoms with Gasteiger partial charge >= 0.3 is 4.87 Å². The lowest BCUT2D eigenvalue weighted by molar-refractivity contribution is -0.0669. The number of thiazole rings is 1. The van der Waals surface area contributed by atoms with E-state index in [9.17, 15) is 14.7 Å². The number of aromatic amines is 1. The number of H-pyrrole nitrogens is 1. The van der Waals surface area contributed by atoms with Crippen molar-refractivity contribution >= 4 is 27.6 Å². The Hall–Kier alpha value is -1.75. The van der Waals surface area contributed by atoms with Gasteiger partial charge in [0.15, 0.2) is 5.65 Å². The molecule has 0 saturated carbocycles. The number of hydrogen-bond donors (Lipinski definition) is 4. The molecule has 0 aliphatic carbocycles. The van der Waals surface area contributed by atoms with E-state index in [4.69, 9.17) is 10.5 Å². The van der Waals surface area contributed by atoms with E-state index in [1.165, 1.54) is 4.57 Å². The third-order valence-electron chi connectivity index (χ3n) is 4.88. The Bertz CT molecular complexity index is 875. The lowest BCUT2D eigenvalue weighted by Crippen LogP contribution is -2.36. The van der Waals surface area contributed by atoms with Crippen LogP contribution in [-0.2, 0) is 4.74 Å². The average Bonchev–Trinajstić information content (AvgIpc) is 3.14. The maximum atomic E-state index is 12.6. The highest BCUT2D eigenvalue weighted by molar-refractivity contribution is 7.16. The molecule has 1 saturated heterocycles. The summed E-state index contributed by atoms with van der Waals surface area (Å²) < 4.78 is 7.67. The van der Waals surface area contributed by atoms with Gasteiger partial charge in [-0.2, -0.15) is 4.98 Å². The largest absolute Gasteiger partial charge is 0.390 e. The lowest BCUT2D eigenvalue weighted by Gasteiger charge is -2.24. The standard InChI is InChI=1S/C15H23N5O4S/c1-4-8(21)9-5-7(6(2)17-3)13(24-9)20-11-10(25-15(20)23)12(22)19-14(16)18-11/h6-9,13,17,21H,4-5H2,1-3H3,(H3,16,18,19,22)/t6-,7-,8-,9-,13+/m0/s1. The highest BCUT2D eigenvalue weighted by Crippen LogP contribution is 2.39. The van der Waals surface area contributed by atoms with Crippen molar-refractivity contribution in [1.82, 2.24) is 19.9 Å². The molecular weight excluding hydrogens is 346 g/mol. The minimum Gasteiger partial charge on any atom is -0.390 e. The third kappa shape index (κ3) is 3.10. The number of hydrogen-bond acceptors (Lipinski definition) is 8. The first-order valence-electron chi connectivity index (χ1n) is 8.29. The van der Waals surface area contributed by atoms with Gasteiger partial charge in [-0.1, -0.05) is 18.3 Å². The van der Waals surface area contributed by atoms with Crippen LogP contribution in [0.25, 0.3) is 10.3 Å². The summed E-state index contributed by atoms with van der Waals surface area (Å²) in [5.41, 5.74) is 5.43. The van der Waals surface area contributed by atoms with Gasteiger partial charge in [-0.05, 0) is 26.8 Å². The summed E-state index contributed by atoms with van der Waals surface area (Å²) in [5, 5.41) is 13.4. The molecule has 5 N–H and O–H groups in total. The summed E-state index contributed by atoms with van der Waals surface area (Å²) in [7, 11) is 1.83. The molecule has 0 radical (unpaired) electrons. The molecule has 2 aromatic heterocycles. The predicted molar refractivity (Wildman–Crippen MR) is 95.7 cm³/mol. The van der Waals surface area contributed by atoms with Gasteiger partial charge in [-0.3, -0.25) is 19.1 Å². The zero-order chi connectivity index (χ0) is 18.3. The molecule has 0 spiro atoms. The van der Waals surface area contributed by atoms with Crippen LogP contribution in [0.15, 0.2) is 9.59 Å². The van der Waals surface area contributed by atoms with Gasteiger partial charge in [-0.15, -0.1) is 0 Å². The normalized spacial score (nSPS) is 26.2. The summed E-state index contributed by atoms with van der Waals surface area (Å²) in [6.07, 6.45) is -0.453. The van der Waals surface area contributed by atoms with Crippen molar-refractivity contribution in [2.75, 3.05) is 12.8 Å². The van der Waals surface area contributed by atoms with Crippen LogP contribution in [0.5, 0.6) is 0 Å². The molecule has 0 aromatic carbocycles. The Morgan fingerprint density at radius 1 is 1.56 bits per heavy atom. The second-order valence-electron chi connectivity index (χ2n) is 6.36. The van der Waals surface area contributed by atoms with Crippen molar-refractivity contribution in [3.8, 4) is 0 Å². The highest BCUT2D eigenvalue weighted by atomic mass is 32.1. The average molecular weight is 369 g/mol. The SMILES string of the molecule is CC[C@H](O)[C@@H]1C[C@@H]([C@H](C)NC)[C@H](n2c(=O)sc3c(=O)[nH]c(N)nc32)O1. The molecule has 0 unspecified atom stereocenters. The summed E-state index contributed by atoms with van der Waals surface area (Å²) in [4.78, 5) is 30.9. The summed E-state index contributed by atoms with van der Waals surface area (Å²) in [5.74, 6) is -0.112. The third-order valence-corrected chi connectivity index (χ3v) is 5.82. The van der Waals surface area contributed by atoms with Gasteiger partial charge in [0.2, 0.25) is 5.95 Å². The van der Waals surface area contributed by atoms with Crippen LogP contribution in [0.1, 0.15) is 32.9 Å². The fourth-order valence-electron chi connectivity index (χ4n) is 3.32. The molecule has 5 atom stereocenters. The number of nitrogens with two attached hydrogens (primary N) is 1. The molecule has 9 nitrogen and oxygen atoms in total. The number of aromatic nitrogens is 3. The summed E-state index contributed by atoms with van der Waals surface area (Å²) in [6.45, 7) is 3.88. The number of aliphatic hydroxyl groups is 1. The van der Waals surface area contributed by atoms with Gasteiger partial charge in [0.25, 0.3) is 5.56 Å². The van der Waals surface area contributed by atoms with Gasteiger partial charge in [0.1, 0.15) is 10.9 Å². The Labute approximate surface area is 147 Å². The van der Waals surface area contributed by atoms with E-state index in [-0.39, 0.29) is 39.2 Å². The number of aliphatic hydroxyl groups excluding tert-OH is 1. The zero-order valence-electron chi connectivity index (χ0n) is 14.4. The number of nitrogens with one attached hydrogen (secondary N) is 2. The lowest BCUT2D eigenvalue weighted by atomic mass is 9.93. The highest BCUT2D eigenvalue weighted by Gasteiger charge is 2.43. The molecule has 3 heterocycles. The molecule has 3 rings (SSSR count). The van der Waals surface area contributed by atoms with Crippen LogP contribution in [0.2, 0.25) is 0 Å². The molecule has 1 fully saturated rings. The molecule has 2 aromatic rings. The van der Waals surface area contributed by atoms with Crippen molar-refractivity contribution in [2.45, 2.75) is 51.2 Å². The van der Waals surface area contributed by atoms with E-state index < -0.39 is 17.9 Å². The fraction of sp³-hybridized carbons (Fsp3) is 0.667. The second kappa shape index (κ2) is 6.87. The van der Waals surface area contributed by atoms with Crippen molar-refractivity contribution in [1.29, 1.82) is 0 Å². The predicted octanol–water partition coefficient (Wildman–Crippen LogP) is 0.0110. The van der Waals surface area contributed by atoms with Crippen molar-refractivity contribution in [2.24, 2.45) is 5.92 Å². The molecule has 25 heavy (non-hydrogen) atoms. The molecule has 1 aliphatic rings. The Morgan fingerprint density at radius 2 is 2.28 bits per heavy atom. The van der Waals surface area contributed by atoms with Gasteiger partial charge < -0.3 is 20.9 Å². The van der Waals surface area contributed by atoms with Crippen LogP contribution in [0, 0.1) is 5.92 Å². The first-order chi connectivity index (χ1) is 11.9. The number of nitrogens with zero attached hydrogens (tertiary/aromatic N) is 2. The van der Waals surface area contributed by atoms with Gasteiger partial charge in [0.05, 0.1) is 12.2 Å². The number of rotatable bonds is 5. The summed E-state index contributed by atoms with van der Waals surface area (Å²) >= 11 is 0.820. The first kappa shape index (κ1) is 18.1. The maximum absolute atomic E-state index is 12.6. The van der Waals surface area contributed by atoms with E-state index in [1.54, 1.807) is 0 Å². The number of anilines is 1. The van der Waals surface area contributed by atoms with Crippen LogP contribution < -0.4 is 21.5 Å². The molecule has 0 amide bonds. The minimum absolute atomic E-state index is 0.0419. The van der Waals surface area contributed by atoms with E-state index in [1.807, 2.05) is 20.9 Å². The zero-order valence-corrected chi connectivity index (χ0v) is 15.2.